The molecule has 0 saturated carbocycles. The van der Waals surface area contributed by atoms with Crippen LogP contribution in [0.4, 0.5) is 0 Å². The molecule has 0 radical (unpaired) electrons. The van der Waals surface area contributed by atoms with Crippen LogP contribution in [0, 0.1) is 0 Å². The third kappa shape index (κ3) is 6.22. The van der Waals surface area contributed by atoms with Gasteiger partial charge in [0, 0.05) is 20.3 Å². The van der Waals surface area contributed by atoms with Crippen molar-refractivity contribution in [2.45, 2.75) is 26.5 Å². The van der Waals surface area contributed by atoms with Gasteiger partial charge >= 0.3 is 0 Å². The van der Waals surface area contributed by atoms with Crippen molar-refractivity contribution in [2.24, 2.45) is 0 Å². The monoisotopic (exact) mass is 329 g/mol. The molecule has 0 aliphatic rings. The molecule has 24 heavy (non-hydrogen) atoms. The van der Waals surface area contributed by atoms with E-state index in [0.717, 1.165) is 43.2 Å². The molecular weight excluding hydrogens is 302 g/mol. The predicted octanol–water partition coefficient (Wildman–Crippen LogP) is 3.79. The number of methoxy groups -OCH3 is 1. The van der Waals surface area contributed by atoms with E-state index in [0.29, 0.717) is 13.2 Å². The third-order valence-electron chi connectivity index (χ3n) is 3.58. The molecule has 4 heteroatoms. The van der Waals surface area contributed by atoms with Gasteiger partial charge in [0.05, 0.1) is 6.61 Å². The van der Waals surface area contributed by atoms with Crippen molar-refractivity contribution < 1.29 is 14.2 Å². The molecule has 0 saturated heterocycles. The van der Waals surface area contributed by atoms with Gasteiger partial charge in [0.1, 0.15) is 6.61 Å². The number of ether oxygens (including phenoxy) is 3. The highest BCUT2D eigenvalue weighted by molar-refractivity contribution is 5.43. The van der Waals surface area contributed by atoms with Gasteiger partial charge in [0.2, 0.25) is 0 Å². The minimum Gasteiger partial charge on any atom is -0.490 e. The molecule has 1 N–H and O–H groups in total. The Hall–Kier alpha value is -2.04. The Morgan fingerprint density at radius 3 is 2.50 bits per heavy atom. The molecule has 2 aromatic carbocycles. The van der Waals surface area contributed by atoms with Gasteiger partial charge in [0.25, 0.3) is 0 Å². The van der Waals surface area contributed by atoms with Crippen LogP contribution in [0.3, 0.4) is 0 Å². The van der Waals surface area contributed by atoms with E-state index in [1.807, 2.05) is 37.3 Å². The zero-order chi connectivity index (χ0) is 17.0. The van der Waals surface area contributed by atoms with Crippen molar-refractivity contribution in [3.05, 3.63) is 59.7 Å². The summed E-state index contributed by atoms with van der Waals surface area (Å²) >= 11 is 0. The van der Waals surface area contributed by atoms with Crippen LogP contribution in [0.25, 0.3) is 0 Å². The van der Waals surface area contributed by atoms with E-state index in [1.165, 1.54) is 5.56 Å². The third-order valence-corrected chi connectivity index (χ3v) is 3.58. The summed E-state index contributed by atoms with van der Waals surface area (Å²) in [5.41, 5.74) is 2.33. The molecule has 4 nitrogen and oxygen atoms in total. The van der Waals surface area contributed by atoms with Gasteiger partial charge in [-0.25, -0.2) is 0 Å². The minimum absolute atomic E-state index is 0.537. The molecule has 0 amide bonds. The average Bonchev–Trinajstić information content (AvgIpc) is 2.62. The Balaban J connectivity index is 1.92. The summed E-state index contributed by atoms with van der Waals surface area (Å²) in [5.74, 6) is 1.58. The summed E-state index contributed by atoms with van der Waals surface area (Å²) in [7, 11) is 1.72. The first-order chi connectivity index (χ1) is 11.8. The second-order valence-corrected chi connectivity index (χ2v) is 5.51. The predicted molar refractivity (Wildman–Crippen MR) is 96.6 cm³/mol. The van der Waals surface area contributed by atoms with Gasteiger partial charge in [-0.1, -0.05) is 36.4 Å². The molecule has 2 rings (SSSR count). The summed E-state index contributed by atoms with van der Waals surface area (Å²) in [4.78, 5) is 0. The molecule has 0 aromatic heterocycles. The molecular formula is C20H27NO3. The van der Waals surface area contributed by atoms with Gasteiger partial charge < -0.3 is 19.5 Å². The smallest absolute Gasteiger partial charge is 0.161 e. The fourth-order valence-corrected chi connectivity index (χ4v) is 2.36. The number of hydrogen-bond donors (Lipinski definition) is 1. The Morgan fingerprint density at radius 2 is 1.75 bits per heavy atom. The van der Waals surface area contributed by atoms with Gasteiger partial charge in [-0.2, -0.15) is 0 Å². The first kappa shape index (κ1) is 18.3. The SMILES string of the molecule is CCOc1cc(CNCCCOC)ccc1OCc1ccccc1. The average molecular weight is 329 g/mol. The van der Waals surface area contributed by atoms with Crippen LogP contribution in [0.15, 0.2) is 48.5 Å². The van der Waals surface area contributed by atoms with Crippen molar-refractivity contribution in [3.63, 3.8) is 0 Å². The van der Waals surface area contributed by atoms with Gasteiger partial charge in [-0.05, 0) is 43.1 Å². The minimum atomic E-state index is 0.537. The maximum atomic E-state index is 5.93. The summed E-state index contributed by atoms with van der Waals surface area (Å²) in [5, 5.41) is 3.41. The Kier molecular flexibility index (Phi) is 8.15. The van der Waals surface area contributed by atoms with E-state index in [2.05, 4.69) is 23.5 Å². The van der Waals surface area contributed by atoms with E-state index in [4.69, 9.17) is 14.2 Å². The van der Waals surface area contributed by atoms with E-state index in [9.17, 15) is 0 Å². The fourth-order valence-electron chi connectivity index (χ4n) is 2.36. The van der Waals surface area contributed by atoms with E-state index < -0.39 is 0 Å². The van der Waals surface area contributed by atoms with Crippen molar-refractivity contribution in [3.8, 4) is 11.5 Å². The lowest BCUT2D eigenvalue weighted by atomic mass is 10.2. The number of hydrogen-bond acceptors (Lipinski definition) is 4. The molecule has 0 unspecified atom stereocenters. The summed E-state index contributed by atoms with van der Waals surface area (Å²) in [6.07, 6.45) is 1.01. The Labute approximate surface area is 144 Å². The van der Waals surface area contributed by atoms with E-state index in [-0.39, 0.29) is 0 Å². The van der Waals surface area contributed by atoms with Crippen molar-refractivity contribution in [1.82, 2.24) is 5.32 Å². The van der Waals surface area contributed by atoms with Gasteiger partial charge in [-0.3, -0.25) is 0 Å². The zero-order valence-corrected chi connectivity index (χ0v) is 14.6. The summed E-state index contributed by atoms with van der Waals surface area (Å²) < 4.78 is 16.7. The molecule has 130 valence electrons. The largest absolute Gasteiger partial charge is 0.490 e. The standard InChI is InChI=1S/C20H27NO3/c1-3-23-20-14-18(15-21-12-7-13-22-2)10-11-19(20)24-16-17-8-5-4-6-9-17/h4-6,8-11,14,21H,3,7,12-13,15-16H2,1-2H3. The Morgan fingerprint density at radius 1 is 0.917 bits per heavy atom. The lowest BCUT2D eigenvalue weighted by Crippen LogP contribution is -2.16. The van der Waals surface area contributed by atoms with Crippen molar-refractivity contribution in [2.75, 3.05) is 26.9 Å². The van der Waals surface area contributed by atoms with Crippen LogP contribution in [0.1, 0.15) is 24.5 Å². The van der Waals surface area contributed by atoms with Crippen LogP contribution in [-0.4, -0.2) is 26.9 Å². The molecule has 0 bridgehead atoms. The summed E-state index contributed by atoms with van der Waals surface area (Å²) in [6, 6.07) is 16.3. The first-order valence-corrected chi connectivity index (χ1v) is 8.45. The molecule has 0 atom stereocenters. The van der Waals surface area contributed by atoms with Gasteiger partial charge in [0.15, 0.2) is 11.5 Å². The van der Waals surface area contributed by atoms with Crippen LogP contribution in [0.2, 0.25) is 0 Å². The highest BCUT2D eigenvalue weighted by Crippen LogP contribution is 2.29. The Bertz CT molecular complexity index is 587. The molecule has 0 aliphatic carbocycles. The maximum absolute atomic E-state index is 5.93. The highest BCUT2D eigenvalue weighted by atomic mass is 16.5. The normalized spacial score (nSPS) is 10.6. The lowest BCUT2D eigenvalue weighted by Gasteiger charge is -2.14. The molecule has 0 spiro atoms. The summed E-state index contributed by atoms with van der Waals surface area (Å²) in [6.45, 7) is 5.66. The molecule has 0 heterocycles. The molecule has 2 aromatic rings. The number of rotatable bonds is 11. The molecule has 0 aliphatic heterocycles. The van der Waals surface area contributed by atoms with E-state index >= 15 is 0 Å². The number of nitrogens with one attached hydrogen (secondary N) is 1. The van der Waals surface area contributed by atoms with Crippen LogP contribution in [-0.2, 0) is 17.9 Å². The fraction of sp³-hybridized carbons (Fsp3) is 0.400. The first-order valence-electron chi connectivity index (χ1n) is 8.45. The van der Waals surface area contributed by atoms with Crippen LogP contribution in [0.5, 0.6) is 11.5 Å². The maximum Gasteiger partial charge on any atom is 0.161 e. The second-order valence-electron chi connectivity index (χ2n) is 5.51. The number of benzene rings is 2. The van der Waals surface area contributed by atoms with Crippen LogP contribution >= 0.6 is 0 Å². The topological polar surface area (TPSA) is 39.7 Å². The quantitative estimate of drug-likeness (QED) is 0.637. The van der Waals surface area contributed by atoms with Gasteiger partial charge in [-0.15, -0.1) is 0 Å². The lowest BCUT2D eigenvalue weighted by molar-refractivity contribution is 0.194. The highest BCUT2D eigenvalue weighted by Gasteiger charge is 2.07. The zero-order valence-electron chi connectivity index (χ0n) is 14.6. The molecule has 0 fully saturated rings. The second kappa shape index (κ2) is 10.7. The van der Waals surface area contributed by atoms with Crippen LogP contribution < -0.4 is 14.8 Å². The van der Waals surface area contributed by atoms with Crippen molar-refractivity contribution >= 4 is 0 Å². The van der Waals surface area contributed by atoms with E-state index in [1.54, 1.807) is 7.11 Å². The van der Waals surface area contributed by atoms with Crippen molar-refractivity contribution in [1.29, 1.82) is 0 Å².